The molecule has 0 aliphatic carbocycles. The molecule has 0 aromatic heterocycles. The molecule has 0 N–H and O–H groups in total. The first kappa shape index (κ1) is 16.3. The van der Waals surface area contributed by atoms with Crippen LogP contribution in [0.1, 0.15) is 25.7 Å². The molecule has 0 unspecified atom stereocenters. The topological polar surface area (TPSA) is 105 Å². The summed E-state index contributed by atoms with van der Waals surface area (Å²) < 4.78 is 8.93. The van der Waals surface area contributed by atoms with Crippen LogP contribution in [0.4, 0.5) is 0 Å². The number of ether oxygens (including phenoxy) is 2. The van der Waals surface area contributed by atoms with Crippen molar-refractivity contribution in [1.29, 1.82) is 0 Å². The Bertz CT molecular complexity index is 356. The molecule has 0 amide bonds. The molecule has 1 aliphatic heterocycles. The first-order chi connectivity index (χ1) is 9.44. The van der Waals surface area contributed by atoms with Gasteiger partial charge in [0.25, 0.3) is 0 Å². The van der Waals surface area contributed by atoms with Crippen LogP contribution in [0.5, 0.6) is 0 Å². The molecular formula is C12H16O8. The lowest BCUT2D eigenvalue weighted by atomic mass is 9.86. The minimum atomic E-state index is -1.50. The molecule has 1 aliphatic rings. The number of carbonyl (C=O) groups excluding carboxylic acids is 4. The maximum absolute atomic E-state index is 11.2. The zero-order valence-electron chi connectivity index (χ0n) is 11.2. The second-order valence-corrected chi connectivity index (χ2v) is 4.54. The first-order valence-electron chi connectivity index (χ1n) is 5.88. The van der Waals surface area contributed by atoms with Crippen LogP contribution in [0.15, 0.2) is 0 Å². The second-order valence-electron chi connectivity index (χ2n) is 4.54. The second kappa shape index (κ2) is 6.58. The van der Waals surface area contributed by atoms with Gasteiger partial charge in [0.1, 0.15) is 0 Å². The van der Waals surface area contributed by atoms with Crippen molar-refractivity contribution in [3.63, 3.8) is 0 Å². The highest BCUT2D eigenvalue weighted by Gasteiger charge is 2.48. The van der Waals surface area contributed by atoms with Gasteiger partial charge in [0.2, 0.25) is 0 Å². The summed E-state index contributed by atoms with van der Waals surface area (Å²) in [6.07, 6.45) is 0.274. The molecule has 112 valence electrons. The quantitative estimate of drug-likeness (QED) is 0.373. The average molecular weight is 288 g/mol. The van der Waals surface area contributed by atoms with E-state index in [9.17, 15) is 19.2 Å². The maximum Gasteiger partial charge on any atom is 0.309 e. The smallest absolute Gasteiger partial charge is 0.309 e. The van der Waals surface area contributed by atoms with Crippen molar-refractivity contribution in [2.45, 2.75) is 36.9 Å². The molecule has 0 aromatic carbocycles. The van der Waals surface area contributed by atoms with Crippen LogP contribution in [-0.2, 0) is 38.4 Å². The molecular weight excluding hydrogens is 272 g/mol. The number of hydrogen-bond donors (Lipinski definition) is 0. The molecule has 1 heterocycles. The van der Waals surface area contributed by atoms with E-state index in [1.807, 2.05) is 0 Å². The summed E-state index contributed by atoms with van der Waals surface area (Å²) in [6.45, 7) is 0. The zero-order chi connectivity index (χ0) is 15.2. The summed E-state index contributed by atoms with van der Waals surface area (Å²) in [7, 11) is 2.36. The van der Waals surface area contributed by atoms with Crippen molar-refractivity contribution in [3.05, 3.63) is 0 Å². The number of hydrogen-bond acceptors (Lipinski definition) is 8. The highest BCUT2D eigenvalue weighted by molar-refractivity contribution is 5.79. The van der Waals surface area contributed by atoms with Crippen molar-refractivity contribution < 1.29 is 38.4 Å². The van der Waals surface area contributed by atoms with Gasteiger partial charge in [0.15, 0.2) is 23.8 Å². The van der Waals surface area contributed by atoms with Crippen LogP contribution in [0.3, 0.4) is 0 Å². The third-order valence-electron chi connectivity index (χ3n) is 3.12. The van der Waals surface area contributed by atoms with Gasteiger partial charge in [0, 0.05) is 0 Å². The summed E-state index contributed by atoms with van der Waals surface area (Å²) in [4.78, 5) is 54.6. The Labute approximate surface area is 115 Å². The van der Waals surface area contributed by atoms with E-state index in [2.05, 4.69) is 9.47 Å². The van der Waals surface area contributed by atoms with E-state index in [1.165, 1.54) is 14.2 Å². The van der Waals surface area contributed by atoms with Crippen molar-refractivity contribution in [3.8, 4) is 0 Å². The fourth-order valence-electron chi connectivity index (χ4n) is 1.78. The molecule has 0 saturated carbocycles. The standard InChI is InChI=1S/C12H16O8/c1-17-9(15)5-11(7-13)3-4-12(8-14,20-19-11)6-10(16)18-2/h7-8H,3-6H2,1-2H3/t11-,12+. The predicted octanol–water partition coefficient (Wildman–Crippen LogP) is -0.270. The van der Waals surface area contributed by atoms with Gasteiger partial charge in [0.05, 0.1) is 27.1 Å². The van der Waals surface area contributed by atoms with Crippen LogP contribution in [0.2, 0.25) is 0 Å². The van der Waals surface area contributed by atoms with E-state index in [1.54, 1.807) is 0 Å². The van der Waals surface area contributed by atoms with Crippen LogP contribution in [-0.4, -0.2) is 49.9 Å². The van der Waals surface area contributed by atoms with Gasteiger partial charge < -0.3 is 9.47 Å². The summed E-state index contributed by atoms with van der Waals surface area (Å²) in [5.41, 5.74) is -3.01. The number of aldehydes is 2. The molecule has 0 bridgehead atoms. The molecule has 0 radical (unpaired) electrons. The van der Waals surface area contributed by atoms with E-state index in [4.69, 9.17) is 9.78 Å². The summed E-state index contributed by atoms with van der Waals surface area (Å²) in [6, 6.07) is 0. The van der Waals surface area contributed by atoms with Crippen LogP contribution >= 0.6 is 0 Å². The zero-order valence-corrected chi connectivity index (χ0v) is 11.2. The van der Waals surface area contributed by atoms with Gasteiger partial charge in [-0.2, -0.15) is 0 Å². The molecule has 8 heteroatoms. The van der Waals surface area contributed by atoms with E-state index in [0.717, 1.165) is 0 Å². The van der Waals surface area contributed by atoms with Crippen LogP contribution in [0, 0.1) is 0 Å². The molecule has 1 rings (SSSR count). The van der Waals surface area contributed by atoms with E-state index >= 15 is 0 Å². The fourth-order valence-corrected chi connectivity index (χ4v) is 1.78. The fraction of sp³-hybridized carbons (Fsp3) is 0.667. The highest BCUT2D eigenvalue weighted by atomic mass is 17.2. The third kappa shape index (κ3) is 3.61. The van der Waals surface area contributed by atoms with Gasteiger partial charge in [-0.25, -0.2) is 9.78 Å². The predicted molar refractivity (Wildman–Crippen MR) is 62.3 cm³/mol. The summed E-state index contributed by atoms with van der Waals surface area (Å²) >= 11 is 0. The Balaban J connectivity index is 2.76. The van der Waals surface area contributed by atoms with E-state index < -0.39 is 23.1 Å². The molecule has 20 heavy (non-hydrogen) atoms. The summed E-state index contributed by atoms with van der Waals surface area (Å²) in [5, 5.41) is 0. The van der Waals surface area contributed by atoms with Crippen LogP contribution in [0.25, 0.3) is 0 Å². The summed E-state index contributed by atoms with van der Waals surface area (Å²) in [5.74, 6) is -1.29. The first-order valence-corrected chi connectivity index (χ1v) is 5.88. The molecule has 0 spiro atoms. The normalized spacial score (nSPS) is 29.3. The Kier molecular flexibility index (Phi) is 5.34. The monoisotopic (exact) mass is 288 g/mol. The van der Waals surface area contributed by atoms with Crippen molar-refractivity contribution in [2.75, 3.05) is 14.2 Å². The van der Waals surface area contributed by atoms with Crippen molar-refractivity contribution >= 4 is 24.5 Å². The van der Waals surface area contributed by atoms with Gasteiger partial charge in [-0.3, -0.25) is 19.2 Å². The molecule has 1 fully saturated rings. The molecule has 1 saturated heterocycles. The van der Waals surface area contributed by atoms with E-state index in [-0.39, 0.29) is 25.7 Å². The number of carbonyl (C=O) groups is 4. The largest absolute Gasteiger partial charge is 0.469 e. The number of rotatable bonds is 6. The van der Waals surface area contributed by atoms with Crippen molar-refractivity contribution in [2.24, 2.45) is 0 Å². The number of esters is 2. The Morgan fingerprint density at radius 3 is 1.50 bits per heavy atom. The minimum absolute atomic E-state index is 0.0430. The minimum Gasteiger partial charge on any atom is -0.469 e. The third-order valence-corrected chi connectivity index (χ3v) is 3.12. The Morgan fingerprint density at radius 2 is 1.30 bits per heavy atom. The lowest BCUT2D eigenvalue weighted by molar-refractivity contribution is -0.413. The molecule has 0 aromatic rings. The maximum atomic E-state index is 11.2. The SMILES string of the molecule is COC(=O)C[C@]1(C=O)CC[C@](C=O)(CC(=O)OC)OO1. The van der Waals surface area contributed by atoms with Gasteiger partial charge in [-0.1, -0.05) is 0 Å². The number of methoxy groups -OCH3 is 2. The highest BCUT2D eigenvalue weighted by Crippen LogP contribution is 2.35. The van der Waals surface area contributed by atoms with Gasteiger partial charge >= 0.3 is 11.9 Å². The van der Waals surface area contributed by atoms with Gasteiger partial charge in [-0.15, -0.1) is 0 Å². The lowest BCUT2D eigenvalue weighted by Gasteiger charge is -2.38. The van der Waals surface area contributed by atoms with Crippen LogP contribution < -0.4 is 0 Å². The molecule has 2 atom stereocenters. The lowest BCUT2D eigenvalue weighted by Crippen LogP contribution is -2.50. The molecule has 8 nitrogen and oxygen atoms in total. The van der Waals surface area contributed by atoms with E-state index in [0.29, 0.717) is 12.6 Å². The Morgan fingerprint density at radius 1 is 0.950 bits per heavy atom. The van der Waals surface area contributed by atoms with Crippen molar-refractivity contribution in [1.82, 2.24) is 0 Å². The average Bonchev–Trinajstić information content (AvgIpc) is 2.49. The Hall–Kier alpha value is -1.80. The van der Waals surface area contributed by atoms with Gasteiger partial charge in [-0.05, 0) is 12.8 Å².